The highest BCUT2D eigenvalue weighted by molar-refractivity contribution is 6.06. The fourth-order valence-electron chi connectivity index (χ4n) is 1.69. The zero-order chi connectivity index (χ0) is 11.1. The van der Waals surface area contributed by atoms with Crippen LogP contribution in [-0.2, 0) is 0 Å². The summed E-state index contributed by atoms with van der Waals surface area (Å²) in [4.78, 5) is 11.1. The Kier molecular flexibility index (Phi) is 1.86. The Bertz CT molecular complexity index is 557. The fourth-order valence-corrected chi connectivity index (χ4v) is 1.69. The lowest BCUT2D eigenvalue weighted by Crippen LogP contribution is -2.03. The number of aromatic carboxylic acids is 1. The topological polar surface area (TPSA) is 75.4 Å². The maximum atomic E-state index is 11.1. The van der Waals surface area contributed by atoms with Crippen molar-refractivity contribution in [1.82, 2.24) is 5.16 Å². The molecule has 2 aromatic rings. The van der Waals surface area contributed by atoms with Crippen LogP contribution in [0, 0.1) is 0 Å². The second-order valence-corrected chi connectivity index (χ2v) is 3.93. The van der Waals surface area contributed by atoms with Gasteiger partial charge in [-0.3, -0.25) is 0 Å². The van der Waals surface area contributed by atoms with E-state index in [0.717, 1.165) is 12.8 Å². The molecule has 1 aliphatic carbocycles. The van der Waals surface area contributed by atoms with Crippen molar-refractivity contribution in [3.8, 4) is 0 Å². The minimum atomic E-state index is -0.965. The maximum Gasteiger partial charge on any atom is 0.336 e. The highest BCUT2D eigenvalue weighted by atomic mass is 16.5. The second-order valence-electron chi connectivity index (χ2n) is 3.93. The van der Waals surface area contributed by atoms with Gasteiger partial charge in [-0.05, 0) is 25.0 Å². The van der Waals surface area contributed by atoms with E-state index in [1.165, 1.54) is 0 Å². The van der Waals surface area contributed by atoms with Crippen LogP contribution in [-0.4, -0.2) is 22.3 Å². The Morgan fingerprint density at radius 1 is 1.50 bits per heavy atom. The van der Waals surface area contributed by atoms with Gasteiger partial charge in [-0.1, -0.05) is 11.2 Å². The molecule has 0 atom stereocenters. The summed E-state index contributed by atoms with van der Waals surface area (Å²) in [5.41, 5.74) is 0.727. The first-order valence-corrected chi connectivity index (χ1v) is 5.14. The number of carboxylic acids is 1. The molecule has 2 N–H and O–H groups in total. The van der Waals surface area contributed by atoms with E-state index in [4.69, 9.17) is 9.63 Å². The molecule has 0 radical (unpaired) electrons. The average molecular weight is 218 g/mol. The van der Waals surface area contributed by atoms with Crippen LogP contribution in [0.2, 0.25) is 0 Å². The van der Waals surface area contributed by atoms with E-state index in [0.29, 0.717) is 22.8 Å². The van der Waals surface area contributed by atoms with Gasteiger partial charge in [0, 0.05) is 6.04 Å². The maximum absolute atomic E-state index is 11.1. The zero-order valence-corrected chi connectivity index (χ0v) is 8.43. The number of benzene rings is 1. The van der Waals surface area contributed by atoms with Crippen LogP contribution in [0.1, 0.15) is 23.2 Å². The first-order chi connectivity index (χ1) is 7.75. The summed E-state index contributed by atoms with van der Waals surface area (Å²) in [5.74, 6) is -0.428. The Labute approximate surface area is 91.0 Å². The molecule has 1 saturated carbocycles. The van der Waals surface area contributed by atoms with E-state index >= 15 is 0 Å². The van der Waals surface area contributed by atoms with Gasteiger partial charge in [0.2, 0.25) is 0 Å². The van der Waals surface area contributed by atoms with Crippen molar-refractivity contribution >= 4 is 22.8 Å². The second kappa shape index (κ2) is 3.23. The van der Waals surface area contributed by atoms with E-state index in [1.54, 1.807) is 18.2 Å². The standard InChI is InChI=1S/C11H10N2O3/c14-11(15)7-2-1-3-8-9(7)10(13-16-8)12-6-4-5-6/h1-3,6H,4-5H2,(H,12,13)(H,14,15). The summed E-state index contributed by atoms with van der Waals surface area (Å²) < 4.78 is 5.09. The van der Waals surface area contributed by atoms with E-state index in [9.17, 15) is 4.79 Å². The molecule has 1 aliphatic rings. The van der Waals surface area contributed by atoms with Gasteiger partial charge in [0.25, 0.3) is 0 Å². The summed E-state index contributed by atoms with van der Waals surface area (Å²) in [6.07, 6.45) is 2.20. The van der Waals surface area contributed by atoms with E-state index in [1.807, 2.05) is 0 Å². The normalized spacial score (nSPS) is 15.2. The molecule has 0 unspecified atom stereocenters. The van der Waals surface area contributed by atoms with Crippen molar-refractivity contribution in [1.29, 1.82) is 0 Å². The van der Waals surface area contributed by atoms with Gasteiger partial charge in [-0.2, -0.15) is 0 Å². The largest absolute Gasteiger partial charge is 0.478 e. The zero-order valence-electron chi connectivity index (χ0n) is 8.43. The number of fused-ring (bicyclic) bond motifs is 1. The molecule has 5 heteroatoms. The lowest BCUT2D eigenvalue weighted by molar-refractivity contribution is 0.0699. The predicted molar refractivity (Wildman–Crippen MR) is 57.6 cm³/mol. The molecule has 3 rings (SSSR count). The number of aromatic nitrogens is 1. The molecule has 1 heterocycles. The molecular formula is C11H10N2O3. The van der Waals surface area contributed by atoms with Crippen molar-refractivity contribution in [2.45, 2.75) is 18.9 Å². The number of nitrogens with zero attached hydrogens (tertiary/aromatic N) is 1. The molecule has 82 valence electrons. The van der Waals surface area contributed by atoms with Crippen LogP contribution in [0.3, 0.4) is 0 Å². The number of hydrogen-bond acceptors (Lipinski definition) is 4. The summed E-state index contributed by atoms with van der Waals surface area (Å²) in [6.45, 7) is 0. The van der Waals surface area contributed by atoms with Crippen molar-refractivity contribution in [3.05, 3.63) is 23.8 Å². The third-order valence-electron chi connectivity index (χ3n) is 2.65. The van der Waals surface area contributed by atoms with E-state index in [-0.39, 0.29) is 5.56 Å². The molecule has 0 amide bonds. The van der Waals surface area contributed by atoms with Crippen LogP contribution in [0.4, 0.5) is 5.82 Å². The number of carbonyl (C=O) groups is 1. The summed E-state index contributed by atoms with van der Waals surface area (Å²) >= 11 is 0. The molecule has 0 aliphatic heterocycles. The van der Waals surface area contributed by atoms with Gasteiger partial charge in [-0.15, -0.1) is 0 Å². The third kappa shape index (κ3) is 1.41. The monoisotopic (exact) mass is 218 g/mol. The van der Waals surface area contributed by atoms with Gasteiger partial charge in [0.1, 0.15) is 0 Å². The van der Waals surface area contributed by atoms with Gasteiger partial charge in [0.15, 0.2) is 11.4 Å². The van der Waals surface area contributed by atoms with Gasteiger partial charge < -0.3 is 14.9 Å². The first-order valence-electron chi connectivity index (χ1n) is 5.14. The molecule has 1 aromatic carbocycles. The minimum Gasteiger partial charge on any atom is -0.478 e. The van der Waals surface area contributed by atoms with Gasteiger partial charge in [-0.25, -0.2) is 4.79 Å². The Hall–Kier alpha value is -2.04. The van der Waals surface area contributed by atoms with Crippen molar-refractivity contribution in [2.75, 3.05) is 5.32 Å². The molecule has 1 aromatic heterocycles. The highest BCUT2D eigenvalue weighted by Crippen LogP contribution is 2.31. The van der Waals surface area contributed by atoms with E-state index in [2.05, 4.69) is 10.5 Å². The molecule has 5 nitrogen and oxygen atoms in total. The molecular weight excluding hydrogens is 208 g/mol. The SMILES string of the molecule is O=C(O)c1cccc2onc(NC3CC3)c12. The average Bonchev–Trinajstić information content (AvgIpc) is 2.98. The van der Waals surface area contributed by atoms with Crippen molar-refractivity contribution in [3.63, 3.8) is 0 Å². The Morgan fingerprint density at radius 2 is 2.31 bits per heavy atom. The quantitative estimate of drug-likeness (QED) is 0.825. The Balaban J connectivity index is 2.16. The van der Waals surface area contributed by atoms with Crippen molar-refractivity contribution < 1.29 is 14.4 Å². The number of nitrogens with one attached hydrogen (secondary N) is 1. The van der Waals surface area contributed by atoms with Crippen LogP contribution < -0.4 is 5.32 Å². The van der Waals surface area contributed by atoms with Crippen LogP contribution in [0.5, 0.6) is 0 Å². The van der Waals surface area contributed by atoms with E-state index < -0.39 is 5.97 Å². The van der Waals surface area contributed by atoms with Crippen LogP contribution in [0.25, 0.3) is 11.0 Å². The molecule has 1 fully saturated rings. The Morgan fingerprint density at radius 3 is 3.00 bits per heavy atom. The van der Waals surface area contributed by atoms with Gasteiger partial charge in [0.05, 0.1) is 10.9 Å². The minimum absolute atomic E-state index is 0.224. The van der Waals surface area contributed by atoms with Gasteiger partial charge >= 0.3 is 5.97 Å². The summed E-state index contributed by atoms with van der Waals surface area (Å²) in [6, 6.07) is 5.33. The molecule has 0 bridgehead atoms. The molecule has 0 saturated heterocycles. The van der Waals surface area contributed by atoms with Crippen LogP contribution in [0.15, 0.2) is 22.7 Å². The third-order valence-corrected chi connectivity index (χ3v) is 2.65. The van der Waals surface area contributed by atoms with Crippen LogP contribution >= 0.6 is 0 Å². The smallest absolute Gasteiger partial charge is 0.336 e. The number of carboxylic acid groups (broad SMARTS) is 1. The van der Waals surface area contributed by atoms with Crippen molar-refractivity contribution in [2.24, 2.45) is 0 Å². The first kappa shape index (κ1) is 9.21. The number of rotatable bonds is 3. The lowest BCUT2D eigenvalue weighted by Gasteiger charge is -2.00. The summed E-state index contributed by atoms with van der Waals surface area (Å²) in [7, 11) is 0. The molecule has 16 heavy (non-hydrogen) atoms. The lowest BCUT2D eigenvalue weighted by atomic mass is 10.1. The number of hydrogen-bond donors (Lipinski definition) is 2. The fraction of sp³-hybridized carbons (Fsp3) is 0.273. The highest BCUT2D eigenvalue weighted by Gasteiger charge is 2.25. The predicted octanol–water partition coefficient (Wildman–Crippen LogP) is 2.10. The molecule has 0 spiro atoms. The summed E-state index contributed by atoms with van der Waals surface area (Å²) in [5, 5.41) is 16.7. The number of anilines is 1.